The molecule has 0 saturated carbocycles. The topological polar surface area (TPSA) is 72.4 Å². The van der Waals surface area contributed by atoms with Crippen LogP contribution in [-0.4, -0.2) is 36.3 Å². The molecule has 0 unspecified atom stereocenters. The summed E-state index contributed by atoms with van der Waals surface area (Å²) in [5, 5.41) is 0.268. The molecule has 0 radical (unpaired) electrons. The molecule has 1 aliphatic heterocycles. The number of sulfonamides is 1. The molecule has 0 fully saturated rings. The summed E-state index contributed by atoms with van der Waals surface area (Å²) < 4.78 is 31.9. The lowest BCUT2D eigenvalue weighted by Gasteiger charge is -2.27. The molecule has 2 heterocycles. The Bertz CT molecular complexity index is 811. The van der Waals surface area contributed by atoms with Gasteiger partial charge in [0.05, 0.1) is 17.0 Å². The Morgan fingerprint density at radius 2 is 2.18 bits per heavy atom. The molecular weight excluding hydrogens is 326 g/mol. The van der Waals surface area contributed by atoms with Gasteiger partial charge in [-0.2, -0.15) is 4.31 Å². The van der Waals surface area contributed by atoms with Gasteiger partial charge in [0.1, 0.15) is 12.1 Å². The van der Waals surface area contributed by atoms with E-state index in [-0.39, 0.29) is 16.5 Å². The minimum Gasteiger partial charge on any atom is -0.495 e. The van der Waals surface area contributed by atoms with Crippen molar-refractivity contribution < 1.29 is 13.2 Å². The van der Waals surface area contributed by atoms with Crippen molar-refractivity contribution in [3.05, 3.63) is 47.0 Å². The van der Waals surface area contributed by atoms with Gasteiger partial charge >= 0.3 is 0 Å². The molecule has 2 aromatic rings. The predicted octanol–water partition coefficient (Wildman–Crippen LogP) is 1.89. The van der Waals surface area contributed by atoms with E-state index in [0.717, 1.165) is 11.3 Å². The number of methoxy groups -OCH3 is 1. The van der Waals surface area contributed by atoms with Crippen molar-refractivity contribution in [3.8, 4) is 5.75 Å². The van der Waals surface area contributed by atoms with Crippen LogP contribution in [0.5, 0.6) is 5.75 Å². The molecule has 0 bridgehead atoms. The Kier molecular flexibility index (Phi) is 4.03. The van der Waals surface area contributed by atoms with Crippen molar-refractivity contribution in [2.45, 2.75) is 17.9 Å². The van der Waals surface area contributed by atoms with Crippen LogP contribution in [0.3, 0.4) is 0 Å². The van der Waals surface area contributed by atoms with Crippen LogP contribution in [-0.2, 0) is 23.0 Å². The predicted molar refractivity (Wildman–Crippen MR) is 81.3 cm³/mol. The summed E-state index contributed by atoms with van der Waals surface area (Å²) in [5.41, 5.74) is 1.73. The van der Waals surface area contributed by atoms with E-state index >= 15 is 0 Å². The second-order valence-corrected chi connectivity index (χ2v) is 7.22. The SMILES string of the molecule is COc1ccc(S(=O)(=O)N2CCc3ncncc3C2)cc1Cl. The van der Waals surface area contributed by atoms with Gasteiger partial charge < -0.3 is 4.74 Å². The highest BCUT2D eigenvalue weighted by Crippen LogP contribution is 2.30. The van der Waals surface area contributed by atoms with Gasteiger partial charge in [-0.3, -0.25) is 0 Å². The number of hydrogen-bond donors (Lipinski definition) is 0. The molecule has 6 nitrogen and oxygen atoms in total. The lowest BCUT2D eigenvalue weighted by Crippen LogP contribution is -2.36. The summed E-state index contributed by atoms with van der Waals surface area (Å²) in [7, 11) is -2.13. The van der Waals surface area contributed by atoms with E-state index in [9.17, 15) is 8.42 Å². The van der Waals surface area contributed by atoms with Crippen LogP contribution in [0.4, 0.5) is 0 Å². The molecule has 0 spiro atoms. The van der Waals surface area contributed by atoms with E-state index in [2.05, 4.69) is 9.97 Å². The Morgan fingerprint density at radius 1 is 1.36 bits per heavy atom. The third kappa shape index (κ3) is 2.67. The lowest BCUT2D eigenvalue weighted by atomic mass is 10.1. The minimum absolute atomic E-state index is 0.151. The fourth-order valence-electron chi connectivity index (χ4n) is 2.40. The van der Waals surface area contributed by atoms with Crippen molar-refractivity contribution in [3.63, 3.8) is 0 Å². The highest BCUT2D eigenvalue weighted by Gasteiger charge is 2.29. The third-order valence-electron chi connectivity index (χ3n) is 3.59. The summed E-state index contributed by atoms with van der Waals surface area (Å²) in [6, 6.07) is 4.46. The molecule has 0 amide bonds. The summed E-state index contributed by atoms with van der Waals surface area (Å²) >= 11 is 6.03. The zero-order valence-corrected chi connectivity index (χ0v) is 13.4. The summed E-state index contributed by atoms with van der Waals surface area (Å²) in [6.45, 7) is 0.651. The molecule has 8 heteroatoms. The molecule has 22 heavy (non-hydrogen) atoms. The van der Waals surface area contributed by atoms with Crippen LogP contribution in [0.1, 0.15) is 11.3 Å². The monoisotopic (exact) mass is 339 g/mol. The molecule has 3 rings (SSSR count). The number of rotatable bonds is 3. The first-order valence-corrected chi connectivity index (χ1v) is 8.45. The number of hydrogen-bond acceptors (Lipinski definition) is 5. The fraction of sp³-hybridized carbons (Fsp3) is 0.286. The van der Waals surface area contributed by atoms with Gasteiger partial charge in [0.25, 0.3) is 0 Å². The average Bonchev–Trinajstić information content (AvgIpc) is 2.54. The van der Waals surface area contributed by atoms with Crippen LogP contribution in [0.25, 0.3) is 0 Å². The maximum absolute atomic E-state index is 12.7. The second kappa shape index (κ2) is 5.83. The standard InChI is InChI=1S/C14H14ClN3O3S/c1-21-14-3-2-11(6-12(14)15)22(19,20)18-5-4-13-10(8-18)7-16-9-17-13/h2-3,6-7,9H,4-5,8H2,1H3. The van der Waals surface area contributed by atoms with Crippen LogP contribution >= 0.6 is 11.6 Å². The number of nitrogens with zero attached hydrogens (tertiary/aromatic N) is 3. The van der Waals surface area contributed by atoms with Crippen molar-refractivity contribution in [1.82, 2.24) is 14.3 Å². The quantitative estimate of drug-likeness (QED) is 0.853. The summed E-state index contributed by atoms with van der Waals surface area (Å²) in [5.74, 6) is 0.443. The molecule has 1 aromatic carbocycles. The molecule has 0 saturated heterocycles. The number of aromatic nitrogens is 2. The maximum atomic E-state index is 12.7. The van der Waals surface area contributed by atoms with E-state index in [1.807, 2.05) is 0 Å². The Labute approximate surface area is 133 Å². The number of fused-ring (bicyclic) bond motifs is 1. The van der Waals surface area contributed by atoms with Crippen molar-refractivity contribution in [1.29, 1.82) is 0 Å². The van der Waals surface area contributed by atoms with E-state index in [4.69, 9.17) is 16.3 Å². The van der Waals surface area contributed by atoms with Gasteiger partial charge in [0, 0.05) is 37.0 Å². The van der Waals surface area contributed by atoms with Gasteiger partial charge in [-0.15, -0.1) is 0 Å². The average molecular weight is 340 g/mol. The number of halogens is 1. The van der Waals surface area contributed by atoms with E-state index in [1.54, 1.807) is 12.3 Å². The minimum atomic E-state index is -3.61. The first-order valence-electron chi connectivity index (χ1n) is 6.64. The largest absolute Gasteiger partial charge is 0.495 e. The lowest BCUT2D eigenvalue weighted by molar-refractivity contribution is 0.386. The van der Waals surface area contributed by atoms with Crippen molar-refractivity contribution in [2.24, 2.45) is 0 Å². The smallest absolute Gasteiger partial charge is 0.243 e. The van der Waals surface area contributed by atoms with Gasteiger partial charge in [0.2, 0.25) is 10.0 Å². The Morgan fingerprint density at radius 3 is 2.91 bits per heavy atom. The molecule has 116 valence electrons. The van der Waals surface area contributed by atoms with E-state index < -0.39 is 10.0 Å². The molecular formula is C14H14ClN3O3S. The van der Waals surface area contributed by atoms with Gasteiger partial charge in [-0.25, -0.2) is 18.4 Å². The highest BCUT2D eigenvalue weighted by atomic mass is 35.5. The zero-order chi connectivity index (χ0) is 15.7. The van der Waals surface area contributed by atoms with Crippen LogP contribution in [0.2, 0.25) is 5.02 Å². The van der Waals surface area contributed by atoms with Crippen LogP contribution in [0, 0.1) is 0 Å². The normalized spacial score (nSPS) is 15.4. The Balaban J connectivity index is 1.93. The number of ether oxygens (including phenoxy) is 1. The molecule has 0 aliphatic carbocycles. The maximum Gasteiger partial charge on any atom is 0.243 e. The highest BCUT2D eigenvalue weighted by molar-refractivity contribution is 7.89. The van der Waals surface area contributed by atoms with E-state index in [0.29, 0.717) is 18.7 Å². The third-order valence-corrected chi connectivity index (χ3v) is 5.72. The van der Waals surface area contributed by atoms with Gasteiger partial charge in [-0.1, -0.05) is 11.6 Å². The van der Waals surface area contributed by atoms with Gasteiger partial charge in [0.15, 0.2) is 0 Å². The zero-order valence-electron chi connectivity index (χ0n) is 11.9. The summed E-state index contributed by atoms with van der Waals surface area (Å²) in [6.07, 6.45) is 3.71. The second-order valence-electron chi connectivity index (χ2n) is 4.88. The van der Waals surface area contributed by atoms with Crippen molar-refractivity contribution >= 4 is 21.6 Å². The molecule has 1 aromatic heterocycles. The van der Waals surface area contributed by atoms with Gasteiger partial charge in [-0.05, 0) is 18.2 Å². The van der Waals surface area contributed by atoms with Crippen LogP contribution in [0.15, 0.2) is 35.6 Å². The summed E-state index contributed by atoms with van der Waals surface area (Å²) in [4.78, 5) is 8.28. The van der Waals surface area contributed by atoms with Crippen LogP contribution < -0.4 is 4.74 Å². The fourth-order valence-corrected chi connectivity index (χ4v) is 4.17. The first kappa shape index (κ1) is 15.2. The molecule has 0 atom stereocenters. The first-order chi connectivity index (χ1) is 10.5. The Hall–Kier alpha value is -1.70. The molecule has 0 N–H and O–H groups in total. The number of benzene rings is 1. The molecule has 1 aliphatic rings. The van der Waals surface area contributed by atoms with Crippen molar-refractivity contribution in [2.75, 3.05) is 13.7 Å². The van der Waals surface area contributed by atoms with E-state index in [1.165, 1.54) is 29.9 Å².